The average molecular weight is 511 g/mol. The second-order valence-corrected chi connectivity index (χ2v) is 8.94. The third-order valence-corrected chi connectivity index (χ3v) is 6.47. The van der Waals surface area contributed by atoms with Gasteiger partial charge in [-0.1, -0.05) is 60.7 Å². The quantitative estimate of drug-likeness (QED) is 0.490. The Bertz CT molecular complexity index is 1330. The number of anilines is 2. The van der Waals surface area contributed by atoms with Crippen LogP contribution in [0.5, 0.6) is 0 Å². The van der Waals surface area contributed by atoms with Gasteiger partial charge in [0.05, 0.1) is 11.4 Å². The van der Waals surface area contributed by atoms with Crippen LogP contribution >= 0.6 is 0 Å². The Morgan fingerprint density at radius 3 is 1.18 bits per heavy atom. The van der Waals surface area contributed by atoms with Crippen molar-refractivity contribution in [3.63, 3.8) is 0 Å². The fraction of sp³-hybridized carbons (Fsp3) is 0.143. The Morgan fingerprint density at radius 2 is 0.842 bits per heavy atom. The third-order valence-electron chi connectivity index (χ3n) is 6.47. The van der Waals surface area contributed by atoms with E-state index in [2.05, 4.69) is 10.6 Å². The highest BCUT2D eigenvalue weighted by molar-refractivity contribution is 6.28. The van der Waals surface area contributed by atoms with E-state index in [1.54, 1.807) is 84.9 Å². The van der Waals surface area contributed by atoms with Crippen LogP contribution < -0.4 is 20.4 Å². The van der Waals surface area contributed by atoms with Gasteiger partial charge >= 0.3 is 12.1 Å². The number of barbiturate groups is 2. The lowest BCUT2D eigenvalue weighted by Gasteiger charge is -2.30. The Kier molecular flexibility index (Phi) is 6.53. The maximum atomic E-state index is 13.1. The molecule has 2 unspecified atom stereocenters. The zero-order valence-corrected chi connectivity index (χ0v) is 20.0. The minimum atomic E-state index is -1.10. The van der Waals surface area contributed by atoms with Gasteiger partial charge < -0.3 is 0 Å². The number of amides is 8. The summed E-state index contributed by atoms with van der Waals surface area (Å²) in [5, 5.41) is 4.48. The normalized spacial score (nSPS) is 19.9. The summed E-state index contributed by atoms with van der Waals surface area (Å²) in [6, 6.07) is 21.9. The molecular weight excluding hydrogens is 488 g/mol. The van der Waals surface area contributed by atoms with Crippen LogP contribution in [0.4, 0.5) is 21.0 Å². The van der Waals surface area contributed by atoms with Gasteiger partial charge in [0.15, 0.2) is 0 Å². The molecule has 3 aromatic carbocycles. The molecule has 8 amide bonds. The van der Waals surface area contributed by atoms with Crippen LogP contribution in [-0.2, 0) is 32.0 Å². The second kappa shape index (κ2) is 10.1. The maximum Gasteiger partial charge on any atom is 0.335 e. The molecule has 10 nitrogen and oxygen atoms in total. The zero-order chi connectivity index (χ0) is 26.8. The summed E-state index contributed by atoms with van der Waals surface area (Å²) in [5.41, 5.74) is 2.04. The van der Waals surface area contributed by atoms with Crippen molar-refractivity contribution in [1.82, 2.24) is 10.6 Å². The zero-order valence-electron chi connectivity index (χ0n) is 20.0. The van der Waals surface area contributed by atoms with E-state index in [4.69, 9.17) is 0 Å². The van der Waals surface area contributed by atoms with E-state index >= 15 is 0 Å². The molecule has 2 saturated heterocycles. The molecule has 2 heterocycles. The first kappa shape index (κ1) is 24.6. The van der Waals surface area contributed by atoms with Crippen molar-refractivity contribution in [1.29, 1.82) is 0 Å². The number of imide groups is 4. The Labute approximate surface area is 217 Å². The number of carbonyl (C=O) groups is 6. The molecule has 0 aliphatic carbocycles. The minimum absolute atomic E-state index is 0.0562. The first-order valence-corrected chi connectivity index (χ1v) is 11.9. The number of carbonyl (C=O) groups excluding carboxylic acids is 6. The lowest BCUT2D eigenvalue weighted by molar-refractivity contribution is -0.135. The van der Waals surface area contributed by atoms with E-state index in [9.17, 15) is 28.8 Å². The average Bonchev–Trinajstić information content (AvgIpc) is 2.91. The molecule has 0 spiro atoms. The smallest absolute Gasteiger partial charge is 0.277 e. The predicted molar refractivity (Wildman–Crippen MR) is 136 cm³/mol. The number of benzene rings is 3. The highest BCUT2D eigenvalue weighted by atomic mass is 16.2. The standard InChI is InChI=1S/C28H22N4O6/c33-23-21(25(35)31(27(37)29-23)19-7-3-1-4-8-19)15-17-11-13-18(14-12-17)16-22-24(34)30-28(38)32(26(22)36)20-9-5-2-6-10-20/h1-14,21-22H,15-16H2,(H,29,33,37)(H,30,34,38). The summed E-state index contributed by atoms with van der Waals surface area (Å²) >= 11 is 0. The largest absolute Gasteiger partial charge is 0.335 e. The molecule has 3 aromatic rings. The molecular formula is C28H22N4O6. The van der Waals surface area contributed by atoms with Crippen molar-refractivity contribution in [2.24, 2.45) is 11.8 Å². The minimum Gasteiger partial charge on any atom is -0.277 e. The van der Waals surface area contributed by atoms with Crippen molar-refractivity contribution in [2.45, 2.75) is 12.8 Å². The monoisotopic (exact) mass is 510 g/mol. The number of nitrogens with zero attached hydrogens (tertiary/aromatic N) is 2. The fourth-order valence-electron chi connectivity index (χ4n) is 4.52. The highest BCUT2D eigenvalue weighted by Crippen LogP contribution is 2.25. The van der Waals surface area contributed by atoms with E-state index < -0.39 is 47.5 Å². The van der Waals surface area contributed by atoms with E-state index in [-0.39, 0.29) is 12.8 Å². The molecule has 0 radical (unpaired) electrons. The first-order chi connectivity index (χ1) is 18.3. The van der Waals surface area contributed by atoms with Gasteiger partial charge in [-0.3, -0.25) is 29.8 Å². The van der Waals surface area contributed by atoms with Crippen LogP contribution in [0, 0.1) is 11.8 Å². The molecule has 2 N–H and O–H groups in total. The van der Waals surface area contributed by atoms with Crippen LogP contribution in [0.2, 0.25) is 0 Å². The van der Waals surface area contributed by atoms with Gasteiger partial charge in [0.1, 0.15) is 11.8 Å². The van der Waals surface area contributed by atoms with Crippen molar-refractivity contribution in [2.75, 3.05) is 9.80 Å². The number of rotatable bonds is 6. The number of hydrogen-bond donors (Lipinski definition) is 2. The van der Waals surface area contributed by atoms with E-state index in [1.807, 2.05) is 0 Å². The third kappa shape index (κ3) is 4.66. The molecule has 0 saturated carbocycles. The lowest BCUT2D eigenvalue weighted by Crippen LogP contribution is -2.58. The predicted octanol–water partition coefficient (Wildman–Crippen LogP) is 2.57. The molecule has 0 bridgehead atoms. The van der Waals surface area contributed by atoms with Crippen molar-refractivity contribution >= 4 is 47.1 Å². The van der Waals surface area contributed by atoms with Crippen molar-refractivity contribution < 1.29 is 28.8 Å². The number of urea groups is 2. The topological polar surface area (TPSA) is 133 Å². The first-order valence-electron chi connectivity index (χ1n) is 11.9. The Hall–Kier alpha value is -5.12. The molecule has 2 aliphatic heterocycles. The summed E-state index contributed by atoms with van der Waals surface area (Å²) in [7, 11) is 0. The van der Waals surface area contributed by atoms with Gasteiger partial charge in [0.2, 0.25) is 23.6 Å². The molecule has 2 fully saturated rings. The van der Waals surface area contributed by atoms with Crippen LogP contribution in [0.25, 0.3) is 0 Å². The van der Waals surface area contributed by atoms with Crippen LogP contribution in [0.1, 0.15) is 11.1 Å². The Morgan fingerprint density at radius 1 is 0.500 bits per heavy atom. The van der Waals surface area contributed by atoms with Crippen molar-refractivity contribution in [3.8, 4) is 0 Å². The van der Waals surface area contributed by atoms with E-state index in [1.165, 1.54) is 0 Å². The SMILES string of the molecule is O=C1NC(=O)N(c2ccccc2)C(=O)C1Cc1ccc(CC2C(=O)NC(=O)N(c3ccccc3)C2=O)cc1. The maximum absolute atomic E-state index is 13.1. The van der Waals surface area contributed by atoms with Crippen LogP contribution in [0.15, 0.2) is 84.9 Å². The second-order valence-electron chi connectivity index (χ2n) is 8.94. The molecule has 2 atom stereocenters. The molecule has 190 valence electrons. The summed E-state index contributed by atoms with van der Waals surface area (Å²) in [4.78, 5) is 77.6. The van der Waals surface area contributed by atoms with Gasteiger partial charge in [0, 0.05) is 0 Å². The summed E-state index contributed by atoms with van der Waals surface area (Å²) in [5.74, 6) is -4.80. The number of hydrogen-bond acceptors (Lipinski definition) is 6. The summed E-state index contributed by atoms with van der Waals surface area (Å²) < 4.78 is 0. The highest BCUT2D eigenvalue weighted by Gasteiger charge is 2.42. The molecule has 38 heavy (non-hydrogen) atoms. The van der Waals surface area contributed by atoms with Crippen LogP contribution in [-0.4, -0.2) is 35.7 Å². The summed E-state index contributed by atoms with van der Waals surface area (Å²) in [6.45, 7) is 0. The molecule has 5 rings (SSSR count). The summed E-state index contributed by atoms with van der Waals surface area (Å²) in [6.07, 6.45) is 0.112. The van der Waals surface area contributed by atoms with Crippen molar-refractivity contribution in [3.05, 3.63) is 96.1 Å². The van der Waals surface area contributed by atoms with Crippen LogP contribution in [0.3, 0.4) is 0 Å². The molecule has 0 aromatic heterocycles. The van der Waals surface area contributed by atoms with E-state index in [0.717, 1.165) is 9.80 Å². The number of para-hydroxylation sites is 2. The van der Waals surface area contributed by atoms with E-state index in [0.29, 0.717) is 22.5 Å². The number of nitrogens with one attached hydrogen (secondary N) is 2. The van der Waals surface area contributed by atoms with Gasteiger partial charge in [-0.25, -0.2) is 19.4 Å². The molecule has 2 aliphatic rings. The fourth-order valence-corrected chi connectivity index (χ4v) is 4.52. The Balaban J connectivity index is 1.30. The molecule has 10 heteroatoms. The van der Waals surface area contributed by atoms with Gasteiger partial charge in [-0.05, 0) is 48.2 Å². The van der Waals surface area contributed by atoms with Gasteiger partial charge in [-0.2, -0.15) is 0 Å². The van der Waals surface area contributed by atoms with Gasteiger partial charge in [-0.15, -0.1) is 0 Å². The van der Waals surface area contributed by atoms with Gasteiger partial charge in [0.25, 0.3) is 0 Å². The lowest BCUT2D eigenvalue weighted by atomic mass is 9.92.